The summed E-state index contributed by atoms with van der Waals surface area (Å²) in [5.74, 6) is 1.17. The molecule has 0 spiro atoms. The summed E-state index contributed by atoms with van der Waals surface area (Å²) in [6.07, 6.45) is 1.01. The fourth-order valence-electron chi connectivity index (χ4n) is 2.48. The predicted molar refractivity (Wildman–Crippen MR) is 93.8 cm³/mol. The zero-order chi connectivity index (χ0) is 17.7. The molecule has 0 saturated heterocycles. The molecule has 0 fully saturated rings. The Labute approximate surface area is 146 Å². The molecule has 0 atom stereocenters. The highest BCUT2D eigenvalue weighted by atomic mass is 35.5. The Kier molecular flexibility index (Phi) is 6.15. The van der Waals surface area contributed by atoms with Gasteiger partial charge in [-0.05, 0) is 31.5 Å². The topological polar surface area (TPSA) is 54.0 Å². The van der Waals surface area contributed by atoms with E-state index >= 15 is 0 Å². The van der Waals surface area contributed by atoms with Crippen molar-refractivity contribution in [2.75, 3.05) is 20.8 Å². The fourth-order valence-corrected chi connectivity index (χ4v) is 2.65. The normalized spacial score (nSPS) is 10.5. The van der Waals surface area contributed by atoms with Gasteiger partial charge in [0.15, 0.2) is 11.5 Å². The summed E-state index contributed by atoms with van der Waals surface area (Å²) in [6.45, 7) is 4.22. The first-order chi connectivity index (χ1) is 11.6. The minimum Gasteiger partial charge on any atom is -0.490 e. The van der Waals surface area contributed by atoms with Crippen LogP contribution in [0.3, 0.4) is 0 Å². The second-order valence-corrected chi connectivity index (χ2v) is 5.51. The minimum absolute atomic E-state index is 0.308. The molecular weight excluding hydrogens is 332 g/mol. The monoisotopic (exact) mass is 352 g/mol. The summed E-state index contributed by atoms with van der Waals surface area (Å²) in [7, 11) is 3.00. The smallest absolute Gasteiger partial charge is 0.311 e. The van der Waals surface area contributed by atoms with Crippen LogP contribution >= 0.6 is 11.6 Å². The van der Waals surface area contributed by atoms with Crippen molar-refractivity contribution in [3.8, 4) is 23.0 Å². The van der Waals surface area contributed by atoms with Crippen molar-refractivity contribution in [1.29, 1.82) is 0 Å². The molecule has 0 N–H and O–H groups in total. The lowest BCUT2D eigenvalue weighted by Crippen LogP contribution is -2.09. The van der Waals surface area contributed by atoms with Gasteiger partial charge < -0.3 is 18.9 Å². The van der Waals surface area contributed by atoms with Crippen LogP contribution in [0.1, 0.15) is 26.7 Å². The Morgan fingerprint density at radius 1 is 1.00 bits per heavy atom. The van der Waals surface area contributed by atoms with E-state index in [1.807, 2.05) is 13.8 Å². The Morgan fingerprint density at radius 2 is 1.67 bits per heavy atom. The molecule has 130 valence electrons. The van der Waals surface area contributed by atoms with Gasteiger partial charge in [0.2, 0.25) is 11.5 Å². The molecule has 24 heavy (non-hydrogen) atoms. The number of methoxy groups -OCH3 is 2. The Balaban J connectivity index is 2.79. The van der Waals surface area contributed by atoms with E-state index in [0.717, 1.165) is 0 Å². The van der Waals surface area contributed by atoms with Crippen LogP contribution in [0.25, 0.3) is 10.8 Å². The molecule has 0 unspecified atom stereocenters. The largest absolute Gasteiger partial charge is 0.490 e. The first-order valence-corrected chi connectivity index (χ1v) is 8.15. The van der Waals surface area contributed by atoms with E-state index in [1.165, 1.54) is 14.2 Å². The molecule has 0 bridgehead atoms. The number of fused-ring (bicyclic) bond motifs is 1. The number of benzene rings is 2. The van der Waals surface area contributed by atoms with Crippen LogP contribution in [0.15, 0.2) is 18.2 Å². The summed E-state index contributed by atoms with van der Waals surface area (Å²) in [6, 6.07) is 5.25. The number of esters is 1. The number of halogens is 1. The Hall–Kier alpha value is -2.14. The molecule has 0 aromatic heterocycles. The van der Waals surface area contributed by atoms with Crippen molar-refractivity contribution in [3.05, 3.63) is 23.2 Å². The van der Waals surface area contributed by atoms with Gasteiger partial charge in [0.1, 0.15) is 0 Å². The van der Waals surface area contributed by atoms with Gasteiger partial charge in [0, 0.05) is 22.2 Å². The van der Waals surface area contributed by atoms with E-state index in [4.69, 9.17) is 30.5 Å². The molecule has 2 aromatic carbocycles. The van der Waals surface area contributed by atoms with Crippen LogP contribution in [0.4, 0.5) is 0 Å². The summed E-state index contributed by atoms with van der Waals surface area (Å²) in [4.78, 5) is 12.0. The van der Waals surface area contributed by atoms with E-state index in [-0.39, 0.29) is 5.97 Å². The molecule has 0 aliphatic rings. The van der Waals surface area contributed by atoms with Crippen LogP contribution in [-0.4, -0.2) is 26.8 Å². The van der Waals surface area contributed by atoms with E-state index in [0.29, 0.717) is 58.2 Å². The van der Waals surface area contributed by atoms with Crippen molar-refractivity contribution >= 4 is 28.3 Å². The molecule has 0 saturated carbocycles. The highest BCUT2D eigenvalue weighted by Gasteiger charge is 2.25. The first kappa shape index (κ1) is 18.2. The molecule has 5 nitrogen and oxygen atoms in total. The highest BCUT2D eigenvalue weighted by molar-refractivity contribution is 6.31. The zero-order valence-corrected chi connectivity index (χ0v) is 15.0. The van der Waals surface area contributed by atoms with Gasteiger partial charge in [-0.15, -0.1) is 0 Å². The lowest BCUT2D eigenvalue weighted by atomic mass is 10.1. The Morgan fingerprint density at radius 3 is 2.25 bits per heavy atom. The lowest BCUT2D eigenvalue weighted by Gasteiger charge is -2.19. The van der Waals surface area contributed by atoms with Crippen LogP contribution < -0.4 is 18.9 Å². The maximum absolute atomic E-state index is 12.0. The molecule has 2 aromatic rings. The summed E-state index contributed by atoms with van der Waals surface area (Å²) < 4.78 is 22.2. The van der Waals surface area contributed by atoms with Crippen molar-refractivity contribution in [2.45, 2.75) is 26.7 Å². The number of ether oxygens (including phenoxy) is 4. The van der Waals surface area contributed by atoms with Gasteiger partial charge in [-0.3, -0.25) is 4.79 Å². The number of carbonyl (C=O) groups is 1. The van der Waals surface area contributed by atoms with Gasteiger partial charge in [0.25, 0.3) is 0 Å². The standard InChI is InChI=1S/C18H21ClO5/c1-5-7-14(20)24-16-12-9-8-11(19)10-13(12)15(23-6-2)17(21-3)18(16)22-4/h8-10H,5-7H2,1-4H3. The zero-order valence-electron chi connectivity index (χ0n) is 14.3. The summed E-state index contributed by atoms with van der Waals surface area (Å²) in [5, 5.41) is 1.91. The molecule has 2 rings (SSSR count). The van der Waals surface area contributed by atoms with E-state index < -0.39 is 0 Å². The average Bonchev–Trinajstić information content (AvgIpc) is 2.56. The predicted octanol–water partition coefficient (Wildman–Crippen LogP) is 4.61. The fraction of sp³-hybridized carbons (Fsp3) is 0.389. The first-order valence-electron chi connectivity index (χ1n) is 7.77. The van der Waals surface area contributed by atoms with Gasteiger partial charge >= 0.3 is 5.97 Å². The third-order valence-electron chi connectivity index (χ3n) is 3.46. The van der Waals surface area contributed by atoms with Crippen molar-refractivity contribution in [1.82, 2.24) is 0 Å². The van der Waals surface area contributed by atoms with Crippen LogP contribution in [-0.2, 0) is 4.79 Å². The number of hydrogen-bond acceptors (Lipinski definition) is 5. The molecule has 0 amide bonds. The molecular formula is C18H21ClO5. The van der Waals surface area contributed by atoms with Crippen LogP contribution in [0.2, 0.25) is 5.02 Å². The van der Waals surface area contributed by atoms with Gasteiger partial charge in [-0.2, -0.15) is 0 Å². The average molecular weight is 353 g/mol. The summed E-state index contributed by atoms with van der Waals surface area (Å²) >= 11 is 6.13. The molecule has 0 heterocycles. The quantitative estimate of drug-likeness (QED) is 0.537. The third-order valence-corrected chi connectivity index (χ3v) is 3.69. The maximum Gasteiger partial charge on any atom is 0.311 e. The second-order valence-electron chi connectivity index (χ2n) is 5.07. The van der Waals surface area contributed by atoms with E-state index in [1.54, 1.807) is 18.2 Å². The maximum atomic E-state index is 12.0. The minimum atomic E-state index is -0.335. The van der Waals surface area contributed by atoms with E-state index in [9.17, 15) is 4.79 Å². The number of carbonyl (C=O) groups excluding carboxylic acids is 1. The number of rotatable bonds is 7. The van der Waals surface area contributed by atoms with Crippen molar-refractivity contribution in [3.63, 3.8) is 0 Å². The van der Waals surface area contributed by atoms with Crippen LogP contribution in [0, 0.1) is 0 Å². The highest BCUT2D eigenvalue weighted by Crippen LogP contribution is 2.51. The molecule has 0 aliphatic heterocycles. The molecule has 6 heteroatoms. The molecule has 0 radical (unpaired) electrons. The SMILES string of the molecule is CCCC(=O)Oc1c(OC)c(OC)c(OCC)c2cc(Cl)ccc12. The Bertz CT molecular complexity index is 742. The van der Waals surface area contributed by atoms with Gasteiger partial charge in [-0.25, -0.2) is 0 Å². The molecule has 0 aliphatic carbocycles. The lowest BCUT2D eigenvalue weighted by molar-refractivity contribution is -0.134. The number of hydrogen-bond donors (Lipinski definition) is 0. The van der Waals surface area contributed by atoms with E-state index in [2.05, 4.69) is 0 Å². The van der Waals surface area contributed by atoms with Crippen molar-refractivity contribution in [2.24, 2.45) is 0 Å². The summed E-state index contributed by atoms with van der Waals surface area (Å²) in [5.41, 5.74) is 0. The van der Waals surface area contributed by atoms with Crippen molar-refractivity contribution < 1.29 is 23.7 Å². The van der Waals surface area contributed by atoms with Crippen LogP contribution in [0.5, 0.6) is 23.0 Å². The van der Waals surface area contributed by atoms with Gasteiger partial charge in [-0.1, -0.05) is 18.5 Å². The van der Waals surface area contributed by atoms with Gasteiger partial charge in [0.05, 0.1) is 20.8 Å². The second kappa shape index (κ2) is 8.11. The third kappa shape index (κ3) is 3.51.